The molecule has 2 aromatic rings. The average Bonchev–Trinajstić information content (AvgIpc) is 3.58. The molecule has 0 aliphatic heterocycles. The van der Waals surface area contributed by atoms with Crippen molar-refractivity contribution in [3.63, 3.8) is 0 Å². The van der Waals surface area contributed by atoms with Crippen LogP contribution in [0.15, 0.2) is 48.5 Å². The highest BCUT2D eigenvalue weighted by molar-refractivity contribution is 5.91. The van der Waals surface area contributed by atoms with Crippen LogP contribution in [-0.4, -0.2) is 11.6 Å². The van der Waals surface area contributed by atoms with Gasteiger partial charge in [-0.2, -0.15) is 13.2 Å². The molecule has 3 nitrogen and oxygen atoms in total. The van der Waals surface area contributed by atoms with Crippen LogP contribution in [0.4, 0.5) is 13.2 Å². The van der Waals surface area contributed by atoms with Gasteiger partial charge in [-0.05, 0) is 68.9 Å². The van der Waals surface area contributed by atoms with Gasteiger partial charge in [0.1, 0.15) is 11.5 Å². The number of ether oxygens (including phenoxy) is 2. The van der Waals surface area contributed by atoms with Crippen molar-refractivity contribution in [2.75, 3.05) is 0 Å². The van der Waals surface area contributed by atoms with Crippen LogP contribution in [0.3, 0.4) is 0 Å². The minimum Gasteiger partial charge on any atom is -0.474 e. The van der Waals surface area contributed by atoms with Gasteiger partial charge in [0.2, 0.25) is 0 Å². The molecule has 0 bridgehead atoms. The number of rotatable bonds is 4. The Hall–Kier alpha value is -2.94. The maximum atomic E-state index is 13.7. The fourth-order valence-corrected chi connectivity index (χ4v) is 3.67. The number of hydrogen-bond acceptors (Lipinski definition) is 3. The molecule has 2 aliphatic rings. The fourth-order valence-electron chi connectivity index (χ4n) is 3.67. The van der Waals surface area contributed by atoms with Crippen molar-refractivity contribution < 1.29 is 27.4 Å². The molecular formula is C25H23F3O3. The third-order valence-corrected chi connectivity index (χ3v) is 5.52. The molecule has 0 amide bonds. The molecule has 0 unspecified atom stereocenters. The van der Waals surface area contributed by atoms with E-state index in [2.05, 4.69) is 11.8 Å². The van der Waals surface area contributed by atoms with Gasteiger partial charge in [0.25, 0.3) is 0 Å². The van der Waals surface area contributed by atoms with E-state index in [4.69, 9.17) is 9.47 Å². The maximum Gasteiger partial charge on any atom is 0.419 e. The third kappa shape index (κ3) is 5.41. The van der Waals surface area contributed by atoms with Gasteiger partial charge in [0.15, 0.2) is 5.60 Å². The predicted molar refractivity (Wildman–Crippen MR) is 110 cm³/mol. The van der Waals surface area contributed by atoms with E-state index in [1.54, 1.807) is 30.3 Å². The minimum atomic E-state index is -4.61. The Kier molecular flexibility index (Phi) is 5.95. The van der Waals surface area contributed by atoms with Crippen molar-refractivity contribution in [2.45, 2.75) is 56.7 Å². The molecule has 0 radical (unpaired) electrons. The highest BCUT2D eigenvalue weighted by atomic mass is 19.4. The summed E-state index contributed by atoms with van der Waals surface area (Å²) in [4.78, 5) is 12.5. The van der Waals surface area contributed by atoms with Crippen LogP contribution in [0.5, 0.6) is 11.5 Å². The molecule has 6 heteroatoms. The van der Waals surface area contributed by atoms with E-state index in [0.29, 0.717) is 24.5 Å². The highest BCUT2D eigenvalue weighted by Crippen LogP contribution is 2.41. The van der Waals surface area contributed by atoms with Crippen LogP contribution < -0.4 is 9.47 Å². The summed E-state index contributed by atoms with van der Waals surface area (Å²) in [5.74, 6) is 5.84. The molecule has 2 fully saturated rings. The van der Waals surface area contributed by atoms with Crippen LogP contribution in [-0.2, 0) is 6.18 Å². The van der Waals surface area contributed by atoms with Crippen molar-refractivity contribution in [3.05, 3.63) is 59.7 Å². The van der Waals surface area contributed by atoms with E-state index in [1.165, 1.54) is 0 Å². The normalized spacial score (nSPS) is 17.9. The number of esters is 1. The Bertz CT molecular complexity index is 992. The molecule has 0 aromatic heterocycles. The molecule has 4 rings (SSSR count). The van der Waals surface area contributed by atoms with Gasteiger partial charge < -0.3 is 9.47 Å². The molecule has 0 saturated heterocycles. The summed E-state index contributed by atoms with van der Waals surface area (Å²) in [5, 5.41) is 0. The van der Waals surface area contributed by atoms with Crippen molar-refractivity contribution >= 4 is 5.97 Å². The first-order chi connectivity index (χ1) is 14.8. The molecule has 2 aromatic carbocycles. The summed E-state index contributed by atoms with van der Waals surface area (Å²) in [5.41, 5.74) is -1.88. The zero-order valence-electron chi connectivity index (χ0n) is 17.0. The van der Waals surface area contributed by atoms with Crippen LogP contribution in [0.2, 0.25) is 0 Å². The number of hydrogen-bond donors (Lipinski definition) is 0. The Morgan fingerprint density at radius 1 is 1.00 bits per heavy atom. The lowest BCUT2D eigenvalue weighted by Gasteiger charge is -2.34. The van der Waals surface area contributed by atoms with E-state index in [-0.39, 0.29) is 11.3 Å². The highest BCUT2D eigenvalue weighted by Gasteiger charge is 2.39. The molecule has 2 saturated carbocycles. The van der Waals surface area contributed by atoms with Gasteiger partial charge in [-0.1, -0.05) is 36.5 Å². The van der Waals surface area contributed by atoms with E-state index < -0.39 is 23.3 Å². The van der Waals surface area contributed by atoms with Crippen LogP contribution in [0.1, 0.15) is 60.9 Å². The molecule has 0 atom stereocenters. The molecule has 31 heavy (non-hydrogen) atoms. The van der Waals surface area contributed by atoms with Crippen molar-refractivity contribution in [1.82, 2.24) is 0 Å². The SMILES string of the molecule is O=C(Oc1ccccc1)c1ccc(C(F)(F)F)c(OC2(C#CC3CC3)CCCCC2)c1. The zero-order valence-corrected chi connectivity index (χ0v) is 17.0. The molecule has 2 aliphatic carbocycles. The molecular weight excluding hydrogens is 405 g/mol. The largest absolute Gasteiger partial charge is 0.474 e. The number of halogens is 3. The number of benzene rings is 2. The lowest BCUT2D eigenvalue weighted by molar-refractivity contribution is -0.139. The van der Waals surface area contributed by atoms with Crippen LogP contribution in [0.25, 0.3) is 0 Å². The first-order valence-electron chi connectivity index (χ1n) is 10.5. The Morgan fingerprint density at radius 2 is 1.71 bits per heavy atom. The second kappa shape index (κ2) is 8.66. The van der Waals surface area contributed by atoms with Gasteiger partial charge in [0.05, 0.1) is 11.1 Å². The van der Waals surface area contributed by atoms with E-state index >= 15 is 0 Å². The molecule has 0 N–H and O–H groups in total. The summed E-state index contributed by atoms with van der Waals surface area (Å²) < 4.78 is 52.4. The van der Waals surface area contributed by atoms with Gasteiger partial charge >= 0.3 is 12.1 Å². The van der Waals surface area contributed by atoms with Crippen molar-refractivity contribution in [1.29, 1.82) is 0 Å². The summed E-state index contributed by atoms with van der Waals surface area (Å²) >= 11 is 0. The first-order valence-corrected chi connectivity index (χ1v) is 10.5. The number of para-hydroxylation sites is 1. The topological polar surface area (TPSA) is 35.5 Å². The van der Waals surface area contributed by atoms with Gasteiger partial charge in [-0.15, -0.1) is 0 Å². The lowest BCUT2D eigenvalue weighted by atomic mass is 9.84. The minimum absolute atomic E-state index is 0.00651. The predicted octanol–water partition coefficient (Wildman–Crippen LogP) is 6.42. The number of alkyl halides is 3. The average molecular weight is 428 g/mol. The summed E-state index contributed by atoms with van der Waals surface area (Å²) in [6.45, 7) is 0. The second-order valence-electron chi connectivity index (χ2n) is 8.11. The molecule has 162 valence electrons. The first kappa shape index (κ1) is 21.3. The van der Waals surface area contributed by atoms with Crippen LogP contribution >= 0.6 is 0 Å². The zero-order chi connectivity index (χ0) is 21.9. The van der Waals surface area contributed by atoms with E-state index in [1.807, 2.05) is 0 Å². The standard InChI is InChI=1S/C25H23F3O3/c26-25(27,28)21-12-11-19(23(29)30-20-7-3-1-4-8-20)17-22(21)31-24(14-5-2-6-15-24)16-13-18-9-10-18/h1,3-4,7-8,11-12,17-18H,2,5-6,9-10,14-15H2. The van der Waals surface area contributed by atoms with E-state index in [9.17, 15) is 18.0 Å². The van der Waals surface area contributed by atoms with Gasteiger partial charge in [0, 0.05) is 5.92 Å². The molecule has 0 heterocycles. The van der Waals surface area contributed by atoms with Gasteiger partial charge in [-0.25, -0.2) is 4.79 Å². The Morgan fingerprint density at radius 3 is 2.35 bits per heavy atom. The van der Waals surface area contributed by atoms with Crippen LogP contribution in [0, 0.1) is 17.8 Å². The third-order valence-electron chi connectivity index (χ3n) is 5.52. The number of carbonyl (C=O) groups is 1. The maximum absolute atomic E-state index is 13.7. The summed E-state index contributed by atoms with van der Waals surface area (Å²) in [6.07, 6.45) is 1.27. The monoisotopic (exact) mass is 428 g/mol. The van der Waals surface area contributed by atoms with Crippen molar-refractivity contribution in [2.24, 2.45) is 5.92 Å². The smallest absolute Gasteiger partial charge is 0.419 e. The summed E-state index contributed by atoms with van der Waals surface area (Å²) in [7, 11) is 0. The fraction of sp³-hybridized carbons (Fsp3) is 0.400. The Balaban J connectivity index is 1.66. The summed E-state index contributed by atoms with van der Waals surface area (Å²) in [6, 6.07) is 11.5. The second-order valence-corrected chi connectivity index (χ2v) is 8.11. The number of carbonyl (C=O) groups excluding carboxylic acids is 1. The lowest BCUT2D eigenvalue weighted by Crippen LogP contribution is -2.37. The Labute approximate surface area is 179 Å². The quantitative estimate of drug-likeness (QED) is 0.320. The molecule has 0 spiro atoms. The van der Waals surface area contributed by atoms with Crippen molar-refractivity contribution in [3.8, 4) is 23.3 Å². The van der Waals surface area contributed by atoms with Gasteiger partial charge in [-0.3, -0.25) is 0 Å². The van der Waals surface area contributed by atoms with E-state index in [0.717, 1.165) is 50.3 Å².